The maximum Gasteiger partial charge on any atom is 0.251 e. The van der Waals surface area contributed by atoms with Gasteiger partial charge in [0.1, 0.15) is 17.7 Å². The second kappa shape index (κ2) is 10.0. The maximum atomic E-state index is 13.3. The van der Waals surface area contributed by atoms with Crippen molar-refractivity contribution >= 4 is 5.91 Å². The first-order valence-corrected chi connectivity index (χ1v) is 9.84. The van der Waals surface area contributed by atoms with Crippen LogP contribution in [0.1, 0.15) is 28.4 Å². The SMILES string of the molecule is CC(CNC(=O)c1cccc(F)c1)Oc1cccc(CN(C)Cc2cnn(C)c2)c1. The number of aromatic nitrogens is 2. The van der Waals surface area contributed by atoms with E-state index in [4.69, 9.17) is 4.74 Å². The van der Waals surface area contributed by atoms with E-state index in [2.05, 4.69) is 28.4 Å². The van der Waals surface area contributed by atoms with Crippen molar-refractivity contribution in [1.82, 2.24) is 20.0 Å². The second-order valence-corrected chi connectivity index (χ2v) is 7.49. The average molecular weight is 410 g/mol. The quantitative estimate of drug-likeness (QED) is 0.588. The molecule has 0 saturated carbocycles. The first-order chi connectivity index (χ1) is 14.4. The molecule has 0 bridgehead atoms. The number of benzene rings is 2. The van der Waals surface area contributed by atoms with Crippen LogP contribution in [0.2, 0.25) is 0 Å². The van der Waals surface area contributed by atoms with Crippen molar-refractivity contribution in [3.8, 4) is 5.75 Å². The molecule has 0 aliphatic carbocycles. The molecule has 6 nitrogen and oxygen atoms in total. The predicted octanol–water partition coefficient (Wildman–Crippen LogP) is 3.39. The van der Waals surface area contributed by atoms with Crippen LogP contribution in [-0.2, 0) is 20.1 Å². The summed E-state index contributed by atoms with van der Waals surface area (Å²) in [4.78, 5) is 14.3. The van der Waals surface area contributed by atoms with Crippen LogP contribution in [0.3, 0.4) is 0 Å². The van der Waals surface area contributed by atoms with Gasteiger partial charge in [-0.15, -0.1) is 0 Å². The van der Waals surface area contributed by atoms with Crippen molar-refractivity contribution in [2.75, 3.05) is 13.6 Å². The molecule has 1 heterocycles. The molecule has 1 unspecified atom stereocenters. The predicted molar refractivity (Wildman–Crippen MR) is 114 cm³/mol. The topological polar surface area (TPSA) is 59.4 Å². The van der Waals surface area contributed by atoms with E-state index in [1.165, 1.54) is 18.2 Å². The normalized spacial score (nSPS) is 12.0. The van der Waals surface area contributed by atoms with Crippen molar-refractivity contribution in [3.05, 3.63) is 83.4 Å². The summed E-state index contributed by atoms with van der Waals surface area (Å²) in [5.41, 5.74) is 2.59. The Morgan fingerprint density at radius 3 is 2.70 bits per heavy atom. The molecule has 0 fully saturated rings. The van der Waals surface area contributed by atoms with Crippen LogP contribution in [0, 0.1) is 5.82 Å². The molecule has 0 aliphatic heterocycles. The summed E-state index contributed by atoms with van der Waals surface area (Å²) in [6, 6.07) is 13.5. The highest BCUT2D eigenvalue weighted by Gasteiger charge is 2.11. The zero-order valence-electron chi connectivity index (χ0n) is 17.5. The Morgan fingerprint density at radius 1 is 1.20 bits per heavy atom. The lowest BCUT2D eigenvalue weighted by atomic mass is 10.2. The van der Waals surface area contributed by atoms with E-state index in [-0.39, 0.29) is 12.0 Å². The second-order valence-electron chi connectivity index (χ2n) is 7.49. The molecule has 0 saturated heterocycles. The minimum absolute atomic E-state index is 0.231. The van der Waals surface area contributed by atoms with Gasteiger partial charge < -0.3 is 10.1 Å². The van der Waals surface area contributed by atoms with Crippen molar-refractivity contribution in [2.45, 2.75) is 26.1 Å². The van der Waals surface area contributed by atoms with E-state index in [0.717, 1.165) is 30.0 Å². The highest BCUT2D eigenvalue weighted by Crippen LogP contribution is 2.17. The van der Waals surface area contributed by atoms with E-state index in [9.17, 15) is 9.18 Å². The number of halogens is 1. The van der Waals surface area contributed by atoms with Crippen molar-refractivity contribution in [2.24, 2.45) is 7.05 Å². The molecule has 1 amide bonds. The van der Waals surface area contributed by atoms with Crippen LogP contribution < -0.4 is 10.1 Å². The van der Waals surface area contributed by atoms with E-state index in [1.54, 1.807) is 10.7 Å². The van der Waals surface area contributed by atoms with Crippen LogP contribution in [0.4, 0.5) is 4.39 Å². The monoisotopic (exact) mass is 410 g/mol. The third-order valence-electron chi connectivity index (χ3n) is 4.54. The molecule has 0 aliphatic rings. The van der Waals surface area contributed by atoms with Crippen LogP contribution in [-0.4, -0.2) is 40.3 Å². The van der Waals surface area contributed by atoms with Gasteiger partial charge in [0.15, 0.2) is 0 Å². The van der Waals surface area contributed by atoms with E-state index in [1.807, 2.05) is 44.6 Å². The number of nitrogens with zero attached hydrogens (tertiary/aromatic N) is 3. The zero-order valence-corrected chi connectivity index (χ0v) is 17.5. The summed E-state index contributed by atoms with van der Waals surface area (Å²) >= 11 is 0. The van der Waals surface area contributed by atoms with Gasteiger partial charge in [-0.1, -0.05) is 18.2 Å². The van der Waals surface area contributed by atoms with Gasteiger partial charge in [0.05, 0.1) is 12.7 Å². The minimum Gasteiger partial charge on any atom is -0.489 e. The van der Waals surface area contributed by atoms with Gasteiger partial charge in [-0.3, -0.25) is 14.4 Å². The summed E-state index contributed by atoms with van der Waals surface area (Å²) in [6.07, 6.45) is 3.65. The molecule has 3 rings (SSSR count). The Bertz CT molecular complexity index is 989. The fraction of sp³-hybridized carbons (Fsp3) is 0.304. The molecular formula is C23H27FN4O2. The molecule has 0 radical (unpaired) electrons. The zero-order chi connectivity index (χ0) is 21.5. The minimum atomic E-state index is -0.433. The molecule has 2 aromatic carbocycles. The summed E-state index contributed by atoms with van der Waals surface area (Å²) < 4.78 is 21.0. The lowest BCUT2D eigenvalue weighted by molar-refractivity contribution is 0.0931. The summed E-state index contributed by atoms with van der Waals surface area (Å²) in [5.74, 6) is -0.0113. The van der Waals surface area contributed by atoms with Gasteiger partial charge in [-0.2, -0.15) is 5.10 Å². The lowest BCUT2D eigenvalue weighted by Crippen LogP contribution is -2.33. The van der Waals surface area contributed by atoms with Gasteiger partial charge in [0.25, 0.3) is 5.91 Å². The Balaban J connectivity index is 1.49. The number of amides is 1. The van der Waals surface area contributed by atoms with Crippen molar-refractivity contribution in [1.29, 1.82) is 0 Å². The molecule has 158 valence electrons. The third kappa shape index (κ3) is 6.42. The van der Waals surface area contributed by atoms with Crippen LogP contribution in [0.15, 0.2) is 60.9 Å². The fourth-order valence-corrected chi connectivity index (χ4v) is 3.19. The first-order valence-electron chi connectivity index (χ1n) is 9.84. The molecule has 1 N–H and O–H groups in total. The van der Waals surface area contributed by atoms with Crippen molar-refractivity contribution in [3.63, 3.8) is 0 Å². The number of nitrogens with one attached hydrogen (secondary N) is 1. The summed E-state index contributed by atoms with van der Waals surface area (Å²) in [7, 11) is 3.97. The van der Waals surface area contributed by atoms with Gasteiger partial charge in [-0.05, 0) is 49.9 Å². The molecule has 3 aromatic rings. The van der Waals surface area contributed by atoms with Crippen LogP contribution in [0.5, 0.6) is 5.75 Å². The van der Waals surface area contributed by atoms with Gasteiger partial charge in [0.2, 0.25) is 0 Å². The van der Waals surface area contributed by atoms with Gasteiger partial charge >= 0.3 is 0 Å². The smallest absolute Gasteiger partial charge is 0.251 e. The number of carbonyl (C=O) groups excluding carboxylic acids is 1. The Labute approximate surface area is 176 Å². The Kier molecular flexibility index (Phi) is 7.19. The number of ether oxygens (including phenoxy) is 1. The first kappa shape index (κ1) is 21.5. The molecule has 7 heteroatoms. The molecular weight excluding hydrogens is 383 g/mol. The summed E-state index contributed by atoms with van der Waals surface area (Å²) in [5, 5.41) is 6.97. The Morgan fingerprint density at radius 2 is 1.97 bits per heavy atom. The molecule has 30 heavy (non-hydrogen) atoms. The summed E-state index contributed by atoms with van der Waals surface area (Å²) in [6.45, 7) is 3.78. The number of rotatable bonds is 9. The number of aryl methyl sites for hydroxylation is 1. The lowest BCUT2D eigenvalue weighted by Gasteiger charge is -2.18. The molecule has 1 atom stereocenters. The van der Waals surface area contributed by atoms with Crippen LogP contribution >= 0.6 is 0 Å². The van der Waals surface area contributed by atoms with Gasteiger partial charge in [0, 0.05) is 37.5 Å². The van der Waals surface area contributed by atoms with E-state index < -0.39 is 5.82 Å². The number of hydrogen-bond donors (Lipinski definition) is 1. The van der Waals surface area contributed by atoms with Crippen LogP contribution in [0.25, 0.3) is 0 Å². The maximum absolute atomic E-state index is 13.3. The van der Waals surface area contributed by atoms with E-state index in [0.29, 0.717) is 12.1 Å². The van der Waals surface area contributed by atoms with Crippen molar-refractivity contribution < 1.29 is 13.9 Å². The Hall–Kier alpha value is -3.19. The third-order valence-corrected chi connectivity index (χ3v) is 4.54. The average Bonchev–Trinajstić information content (AvgIpc) is 3.10. The highest BCUT2D eigenvalue weighted by atomic mass is 19.1. The highest BCUT2D eigenvalue weighted by molar-refractivity contribution is 5.94. The standard InChI is InChI=1S/C23H27FN4O2/c1-17(12-25-23(29)20-7-5-8-21(24)11-20)30-22-9-4-6-18(10-22)14-27(2)15-19-13-26-28(3)16-19/h4-11,13,16-17H,12,14-15H2,1-3H3,(H,25,29). The number of hydrogen-bond acceptors (Lipinski definition) is 4. The number of carbonyl (C=O) groups is 1. The van der Waals surface area contributed by atoms with Gasteiger partial charge in [-0.25, -0.2) is 4.39 Å². The largest absolute Gasteiger partial charge is 0.489 e. The molecule has 0 spiro atoms. The molecule has 1 aromatic heterocycles. The fourth-order valence-electron chi connectivity index (χ4n) is 3.19. The van der Waals surface area contributed by atoms with E-state index >= 15 is 0 Å².